The van der Waals surface area contributed by atoms with Gasteiger partial charge in [0.05, 0.1) is 16.8 Å². The first-order valence-electron chi connectivity index (χ1n) is 9.51. The fourth-order valence-electron chi connectivity index (χ4n) is 3.65. The Morgan fingerprint density at radius 3 is 2.64 bits per heavy atom. The summed E-state index contributed by atoms with van der Waals surface area (Å²) in [5, 5.41) is 7.81. The molecule has 0 atom stereocenters. The lowest BCUT2D eigenvalue weighted by atomic mass is 10.0. The highest BCUT2D eigenvalue weighted by molar-refractivity contribution is 7.08. The lowest BCUT2D eigenvalue weighted by Crippen LogP contribution is -2.46. The van der Waals surface area contributed by atoms with Gasteiger partial charge in [-0.15, -0.1) is 0 Å². The molecule has 0 aliphatic carbocycles. The molecular weight excluding hydrogens is 370 g/mol. The van der Waals surface area contributed by atoms with E-state index in [4.69, 9.17) is 0 Å². The van der Waals surface area contributed by atoms with E-state index in [1.165, 1.54) is 11.3 Å². The van der Waals surface area contributed by atoms with Crippen molar-refractivity contribution in [2.45, 2.75) is 32.7 Å². The zero-order valence-electron chi connectivity index (χ0n) is 16.1. The molecule has 1 fully saturated rings. The van der Waals surface area contributed by atoms with Crippen LogP contribution in [0, 0.1) is 13.8 Å². The van der Waals surface area contributed by atoms with Gasteiger partial charge in [-0.25, -0.2) is 0 Å². The molecule has 3 heterocycles. The summed E-state index contributed by atoms with van der Waals surface area (Å²) in [7, 11) is 0. The maximum Gasteiger partial charge on any atom is 0.255 e. The van der Waals surface area contributed by atoms with Gasteiger partial charge in [0.2, 0.25) is 0 Å². The van der Waals surface area contributed by atoms with Crippen molar-refractivity contribution >= 4 is 34.1 Å². The minimum Gasteiger partial charge on any atom is -0.349 e. The molecule has 0 saturated carbocycles. The molecule has 28 heavy (non-hydrogen) atoms. The van der Waals surface area contributed by atoms with Crippen molar-refractivity contribution < 1.29 is 9.59 Å². The topological polar surface area (TPSA) is 62.3 Å². The lowest BCUT2D eigenvalue weighted by molar-refractivity contribution is 0.0697. The third-order valence-electron chi connectivity index (χ3n) is 5.29. The van der Waals surface area contributed by atoms with Crippen molar-refractivity contribution in [2.24, 2.45) is 0 Å². The number of rotatable bonds is 3. The van der Waals surface area contributed by atoms with Gasteiger partial charge < -0.3 is 10.2 Å². The quantitative estimate of drug-likeness (QED) is 0.733. The van der Waals surface area contributed by atoms with E-state index in [0.29, 0.717) is 24.2 Å². The first-order chi connectivity index (χ1) is 13.5. The van der Waals surface area contributed by atoms with Gasteiger partial charge in [0.1, 0.15) is 0 Å². The van der Waals surface area contributed by atoms with E-state index in [1.807, 2.05) is 59.8 Å². The second-order valence-electron chi connectivity index (χ2n) is 7.37. The van der Waals surface area contributed by atoms with E-state index in [9.17, 15) is 9.59 Å². The van der Waals surface area contributed by atoms with Crippen LogP contribution in [0.15, 0.2) is 41.1 Å². The number of thiophene rings is 1. The fraction of sp³-hybridized carbons (Fsp3) is 0.318. The molecule has 0 bridgehead atoms. The van der Waals surface area contributed by atoms with Crippen LogP contribution < -0.4 is 5.32 Å². The van der Waals surface area contributed by atoms with Crippen LogP contribution in [-0.4, -0.2) is 40.8 Å². The number of likely N-dealkylation sites (tertiary alicyclic amines) is 1. The Hall–Kier alpha value is -2.73. The van der Waals surface area contributed by atoms with Crippen LogP contribution in [0.25, 0.3) is 10.9 Å². The van der Waals surface area contributed by atoms with E-state index < -0.39 is 0 Å². The lowest BCUT2D eigenvalue weighted by Gasteiger charge is -2.32. The van der Waals surface area contributed by atoms with Crippen LogP contribution in [0.1, 0.15) is 44.8 Å². The molecule has 3 aromatic rings. The third kappa shape index (κ3) is 3.78. The van der Waals surface area contributed by atoms with Crippen LogP contribution in [-0.2, 0) is 0 Å². The first-order valence-corrected chi connectivity index (χ1v) is 10.5. The zero-order valence-corrected chi connectivity index (χ0v) is 16.9. The maximum absolute atomic E-state index is 13.0. The highest BCUT2D eigenvalue weighted by atomic mass is 32.1. The summed E-state index contributed by atoms with van der Waals surface area (Å²) >= 11 is 1.51. The molecule has 1 aliphatic heterocycles. The summed E-state index contributed by atoms with van der Waals surface area (Å²) in [5.74, 6) is -0.00835. The van der Waals surface area contributed by atoms with Crippen molar-refractivity contribution in [3.05, 3.63) is 63.5 Å². The number of fused-ring (bicyclic) bond motifs is 1. The van der Waals surface area contributed by atoms with E-state index in [-0.39, 0.29) is 17.9 Å². The minimum atomic E-state index is -0.0316. The normalized spacial score (nSPS) is 15.0. The van der Waals surface area contributed by atoms with Crippen LogP contribution >= 0.6 is 11.3 Å². The molecule has 5 nitrogen and oxygen atoms in total. The number of hydrogen-bond donors (Lipinski definition) is 1. The standard InChI is InChI=1S/C22H23N3O2S/c1-14-3-4-16-12-19(15(2)23-20(16)11-14)22(27)25-8-5-18(6-9-25)24-21(26)17-7-10-28-13-17/h3-4,7,10-13,18H,5-6,8-9H2,1-2H3,(H,24,26). The number of benzene rings is 1. The molecule has 1 N–H and O–H groups in total. The summed E-state index contributed by atoms with van der Waals surface area (Å²) in [6.45, 7) is 5.21. The summed E-state index contributed by atoms with van der Waals surface area (Å²) in [6.07, 6.45) is 1.53. The highest BCUT2D eigenvalue weighted by Crippen LogP contribution is 2.21. The molecule has 0 radical (unpaired) electrons. The van der Waals surface area contributed by atoms with Gasteiger partial charge in [-0.05, 0) is 55.8 Å². The van der Waals surface area contributed by atoms with Crippen LogP contribution in [0.5, 0.6) is 0 Å². The Kier molecular flexibility index (Phi) is 5.13. The number of carbonyl (C=O) groups excluding carboxylic acids is 2. The Bertz CT molecular complexity index is 1020. The van der Waals surface area contributed by atoms with Crippen molar-refractivity contribution in [2.75, 3.05) is 13.1 Å². The smallest absolute Gasteiger partial charge is 0.255 e. The van der Waals surface area contributed by atoms with E-state index in [1.54, 1.807) is 0 Å². The minimum absolute atomic E-state index is 0.0232. The molecular formula is C22H23N3O2S. The number of amides is 2. The van der Waals surface area contributed by atoms with E-state index in [0.717, 1.165) is 35.0 Å². The number of nitrogens with zero attached hydrogens (tertiary/aromatic N) is 2. The van der Waals surface area contributed by atoms with Gasteiger partial charge in [0.25, 0.3) is 11.8 Å². The SMILES string of the molecule is Cc1ccc2cc(C(=O)N3CCC(NC(=O)c4ccsc4)CC3)c(C)nc2c1. The first kappa shape index (κ1) is 18.6. The summed E-state index contributed by atoms with van der Waals surface area (Å²) in [5.41, 5.74) is 4.21. The predicted molar refractivity (Wildman–Crippen MR) is 112 cm³/mol. The van der Waals surface area contributed by atoms with Crippen LogP contribution in [0.4, 0.5) is 0 Å². The molecule has 2 amide bonds. The number of piperidine rings is 1. The number of pyridine rings is 1. The molecule has 1 aliphatic rings. The zero-order chi connectivity index (χ0) is 19.7. The Balaban J connectivity index is 1.42. The maximum atomic E-state index is 13.0. The Morgan fingerprint density at radius 2 is 1.93 bits per heavy atom. The van der Waals surface area contributed by atoms with Gasteiger partial charge in [0.15, 0.2) is 0 Å². The summed E-state index contributed by atoms with van der Waals surface area (Å²) in [4.78, 5) is 31.8. The molecule has 0 unspecified atom stereocenters. The summed E-state index contributed by atoms with van der Waals surface area (Å²) < 4.78 is 0. The molecule has 4 rings (SSSR count). The average Bonchev–Trinajstić information content (AvgIpc) is 3.22. The monoisotopic (exact) mass is 393 g/mol. The van der Waals surface area contributed by atoms with E-state index in [2.05, 4.69) is 10.3 Å². The van der Waals surface area contributed by atoms with Gasteiger partial charge in [0, 0.05) is 35.5 Å². The number of carbonyl (C=O) groups is 2. The molecule has 0 spiro atoms. The number of nitrogens with one attached hydrogen (secondary N) is 1. The second kappa shape index (κ2) is 7.72. The average molecular weight is 394 g/mol. The highest BCUT2D eigenvalue weighted by Gasteiger charge is 2.26. The molecule has 1 saturated heterocycles. The molecule has 144 valence electrons. The Labute approximate surface area is 168 Å². The third-order valence-corrected chi connectivity index (χ3v) is 5.98. The molecule has 2 aromatic heterocycles. The van der Waals surface area contributed by atoms with Crippen molar-refractivity contribution in [3.63, 3.8) is 0 Å². The van der Waals surface area contributed by atoms with Gasteiger partial charge in [-0.2, -0.15) is 11.3 Å². The van der Waals surface area contributed by atoms with Crippen molar-refractivity contribution in [1.82, 2.24) is 15.2 Å². The predicted octanol–water partition coefficient (Wildman–Crippen LogP) is 3.95. The van der Waals surface area contributed by atoms with Crippen LogP contribution in [0.3, 0.4) is 0 Å². The van der Waals surface area contributed by atoms with E-state index >= 15 is 0 Å². The largest absolute Gasteiger partial charge is 0.349 e. The molecule has 1 aromatic carbocycles. The van der Waals surface area contributed by atoms with Gasteiger partial charge in [-0.1, -0.05) is 12.1 Å². The fourth-order valence-corrected chi connectivity index (χ4v) is 4.29. The second-order valence-corrected chi connectivity index (χ2v) is 8.15. The summed E-state index contributed by atoms with van der Waals surface area (Å²) in [6, 6.07) is 9.97. The Morgan fingerprint density at radius 1 is 1.14 bits per heavy atom. The van der Waals surface area contributed by atoms with Gasteiger partial charge in [-0.3, -0.25) is 14.6 Å². The van der Waals surface area contributed by atoms with Gasteiger partial charge >= 0.3 is 0 Å². The number of aryl methyl sites for hydroxylation is 2. The van der Waals surface area contributed by atoms with Crippen molar-refractivity contribution in [3.8, 4) is 0 Å². The molecule has 6 heteroatoms. The van der Waals surface area contributed by atoms with Crippen molar-refractivity contribution in [1.29, 1.82) is 0 Å². The van der Waals surface area contributed by atoms with Crippen LogP contribution in [0.2, 0.25) is 0 Å². The number of aromatic nitrogens is 1. The number of hydrogen-bond acceptors (Lipinski definition) is 4.